The molecule has 18 heavy (non-hydrogen) atoms. The number of ketones is 1. The van der Waals surface area contributed by atoms with Crippen molar-refractivity contribution in [2.45, 2.75) is 4.90 Å². The SMILES string of the molecule is CSc1ccc(C(=O)CN2C(=O)CSC2=O)cc1. The van der Waals surface area contributed by atoms with Crippen molar-refractivity contribution in [1.82, 2.24) is 4.90 Å². The molecule has 1 aromatic rings. The molecule has 1 saturated heterocycles. The number of rotatable bonds is 4. The lowest BCUT2D eigenvalue weighted by Crippen LogP contribution is -2.33. The molecule has 0 aromatic heterocycles. The topological polar surface area (TPSA) is 54.5 Å². The highest BCUT2D eigenvalue weighted by molar-refractivity contribution is 8.14. The van der Waals surface area contributed by atoms with Crippen molar-refractivity contribution < 1.29 is 14.4 Å². The zero-order chi connectivity index (χ0) is 13.1. The van der Waals surface area contributed by atoms with Gasteiger partial charge in [-0.25, -0.2) is 0 Å². The highest BCUT2D eigenvalue weighted by atomic mass is 32.2. The van der Waals surface area contributed by atoms with Crippen LogP contribution in [-0.2, 0) is 4.79 Å². The summed E-state index contributed by atoms with van der Waals surface area (Å²) in [7, 11) is 0. The quantitative estimate of drug-likeness (QED) is 0.626. The van der Waals surface area contributed by atoms with E-state index in [0.717, 1.165) is 21.6 Å². The molecule has 1 heterocycles. The lowest BCUT2D eigenvalue weighted by molar-refractivity contribution is -0.124. The Morgan fingerprint density at radius 3 is 2.50 bits per heavy atom. The van der Waals surface area contributed by atoms with Gasteiger partial charge in [-0.15, -0.1) is 11.8 Å². The van der Waals surface area contributed by atoms with Crippen LogP contribution in [0, 0.1) is 0 Å². The van der Waals surface area contributed by atoms with E-state index in [1.54, 1.807) is 23.9 Å². The zero-order valence-electron chi connectivity index (χ0n) is 9.71. The fourth-order valence-electron chi connectivity index (χ4n) is 1.55. The zero-order valence-corrected chi connectivity index (χ0v) is 11.3. The molecule has 1 aliphatic rings. The second-order valence-corrected chi connectivity index (χ2v) is 5.49. The lowest BCUT2D eigenvalue weighted by atomic mass is 10.1. The van der Waals surface area contributed by atoms with E-state index in [1.165, 1.54) is 0 Å². The fourth-order valence-corrected chi connectivity index (χ4v) is 2.68. The van der Waals surface area contributed by atoms with E-state index < -0.39 is 0 Å². The van der Waals surface area contributed by atoms with Gasteiger partial charge < -0.3 is 0 Å². The smallest absolute Gasteiger partial charge is 0.289 e. The first-order chi connectivity index (χ1) is 8.61. The van der Waals surface area contributed by atoms with E-state index >= 15 is 0 Å². The molecule has 0 saturated carbocycles. The van der Waals surface area contributed by atoms with Crippen LogP contribution in [0.2, 0.25) is 0 Å². The first kappa shape index (κ1) is 13.2. The highest BCUT2D eigenvalue weighted by Crippen LogP contribution is 2.20. The molecule has 1 aliphatic heterocycles. The summed E-state index contributed by atoms with van der Waals surface area (Å²) in [5, 5.41) is -0.339. The third-order valence-corrected chi connectivity index (χ3v) is 4.16. The summed E-state index contributed by atoms with van der Waals surface area (Å²) < 4.78 is 0. The monoisotopic (exact) mass is 281 g/mol. The van der Waals surface area contributed by atoms with Gasteiger partial charge >= 0.3 is 0 Å². The van der Waals surface area contributed by atoms with Crippen molar-refractivity contribution >= 4 is 40.5 Å². The number of carbonyl (C=O) groups excluding carboxylic acids is 3. The van der Waals surface area contributed by atoms with Crippen molar-refractivity contribution in [3.63, 3.8) is 0 Å². The van der Waals surface area contributed by atoms with Crippen LogP contribution in [0.25, 0.3) is 0 Å². The van der Waals surface area contributed by atoms with Crippen molar-refractivity contribution in [3.05, 3.63) is 29.8 Å². The standard InChI is InChI=1S/C12H11NO3S2/c1-17-9-4-2-8(3-5-9)10(14)6-13-11(15)7-18-12(13)16/h2-5H,6-7H2,1H3. The molecule has 0 radical (unpaired) electrons. The third kappa shape index (κ3) is 2.76. The van der Waals surface area contributed by atoms with Crippen LogP contribution in [0.5, 0.6) is 0 Å². The number of hydrogen-bond donors (Lipinski definition) is 0. The summed E-state index contributed by atoms with van der Waals surface area (Å²) in [5.41, 5.74) is 0.519. The second-order valence-electron chi connectivity index (χ2n) is 3.69. The Labute approximate surface area is 113 Å². The molecule has 6 heteroatoms. The van der Waals surface area contributed by atoms with Gasteiger partial charge in [-0.2, -0.15) is 0 Å². The maximum Gasteiger partial charge on any atom is 0.289 e. The van der Waals surface area contributed by atoms with Gasteiger partial charge in [-0.1, -0.05) is 23.9 Å². The first-order valence-electron chi connectivity index (χ1n) is 5.26. The summed E-state index contributed by atoms with van der Waals surface area (Å²) in [6.45, 7) is -0.163. The average Bonchev–Trinajstić information content (AvgIpc) is 2.70. The van der Waals surface area contributed by atoms with Crippen LogP contribution in [0.3, 0.4) is 0 Å². The van der Waals surface area contributed by atoms with E-state index in [-0.39, 0.29) is 29.2 Å². The number of nitrogens with zero attached hydrogens (tertiary/aromatic N) is 1. The Morgan fingerprint density at radius 1 is 1.33 bits per heavy atom. The molecule has 0 bridgehead atoms. The fraction of sp³-hybridized carbons (Fsp3) is 0.250. The van der Waals surface area contributed by atoms with Gasteiger partial charge in [0.1, 0.15) is 0 Å². The molecular formula is C12H11NO3S2. The molecule has 94 valence electrons. The van der Waals surface area contributed by atoms with Gasteiger partial charge in [0, 0.05) is 10.5 Å². The predicted molar refractivity (Wildman–Crippen MR) is 72.1 cm³/mol. The number of carbonyl (C=O) groups is 3. The molecule has 1 aromatic carbocycles. The number of Topliss-reactive ketones (excluding diaryl/α,β-unsaturated/α-hetero) is 1. The van der Waals surface area contributed by atoms with Gasteiger partial charge in [-0.3, -0.25) is 19.3 Å². The Hall–Kier alpha value is -1.27. The number of amides is 2. The summed E-state index contributed by atoms with van der Waals surface area (Å²) in [4.78, 5) is 36.7. The molecule has 1 fully saturated rings. The van der Waals surface area contributed by atoms with Crippen LogP contribution in [0.1, 0.15) is 10.4 Å². The van der Waals surface area contributed by atoms with Gasteiger partial charge in [0.05, 0.1) is 12.3 Å². The molecule has 0 aliphatic carbocycles. The van der Waals surface area contributed by atoms with Crippen molar-refractivity contribution in [1.29, 1.82) is 0 Å². The minimum Gasteiger partial charge on any atom is -0.292 e. The molecule has 0 N–H and O–H groups in total. The maximum atomic E-state index is 11.9. The highest BCUT2D eigenvalue weighted by Gasteiger charge is 2.31. The minimum absolute atomic E-state index is 0.136. The minimum atomic E-state index is -0.339. The van der Waals surface area contributed by atoms with E-state index in [2.05, 4.69) is 0 Å². The average molecular weight is 281 g/mol. The van der Waals surface area contributed by atoms with E-state index in [4.69, 9.17) is 0 Å². The van der Waals surface area contributed by atoms with Crippen LogP contribution in [0.15, 0.2) is 29.2 Å². The number of hydrogen-bond acceptors (Lipinski definition) is 5. The van der Waals surface area contributed by atoms with E-state index in [0.29, 0.717) is 5.56 Å². The molecule has 0 unspecified atom stereocenters. The summed E-state index contributed by atoms with van der Waals surface area (Å²) in [6.07, 6.45) is 1.95. The Balaban J connectivity index is 2.07. The van der Waals surface area contributed by atoms with Gasteiger partial charge in [0.15, 0.2) is 5.78 Å². The van der Waals surface area contributed by atoms with Crippen LogP contribution >= 0.6 is 23.5 Å². The predicted octanol–water partition coefficient (Wildman–Crippen LogP) is 2.29. The first-order valence-corrected chi connectivity index (χ1v) is 7.47. The van der Waals surface area contributed by atoms with E-state index in [1.807, 2.05) is 18.4 Å². The molecule has 0 atom stereocenters. The van der Waals surface area contributed by atoms with Gasteiger partial charge in [-0.05, 0) is 18.4 Å². The van der Waals surface area contributed by atoms with Crippen LogP contribution in [-0.4, -0.2) is 40.4 Å². The third-order valence-electron chi connectivity index (χ3n) is 2.55. The normalized spacial score (nSPS) is 15.3. The largest absolute Gasteiger partial charge is 0.292 e. The van der Waals surface area contributed by atoms with Gasteiger partial charge in [0.2, 0.25) is 5.91 Å². The lowest BCUT2D eigenvalue weighted by Gasteiger charge is -2.11. The molecular weight excluding hydrogens is 270 g/mol. The van der Waals surface area contributed by atoms with Crippen molar-refractivity contribution in [2.75, 3.05) is 18.6 Å². The number of thioether (sulfide) groups is 2. The molecule has 2 rings (SSSR count). The summed E-state index contributed by atoms with van der Waals surface area (Å²) in [6, 6.07) is 7.12. The van der Waals surface area contributed by atoms with Crippen molar-refractivity contribution in [3.8, 4) is 0 Å². The Kier molecular flexibility index (Phi) is 4.08. The molecule has 4 nitrogen and oxygen atoms in total. The van der Waals surface area contributed by atoms with E-state index in [9.17, 15) is 14.4 Å². The van der Waals surface area contributed by atoms with Crippen molar-refractivity contribution in [2.24, 2.45) is 0 Å². The Bertz CT molecular complexity index is 483. The Morgan fingerprint density at radius 2 is 2.00 bits per heavy atom. The number of imide groups is 1. The number of benzene rings is 1. The second kappa shape index (κ2) is 5.58. The van der Waals surface area contributed by atoms with Gasteiger partial charge in [0.25, 0.3) is 5.24 Å². The molecule has 0 spiro atoms. The summed E-state index contributed by atoms with van der Waals surface area (Å²) >= 11 is 2.53. The summed E-state index contributed by atoms with van der Waals surface area (Å²) in [5.74, 6) is -0.372. The molecule has 2 amide bonds. The van der Waals surface area contributed by atoms with Crippen LogP contribution in [0.4, 0.5) is 4.79 Å². The van der Waals surface area contributed by atoms with Crippen LogP contribution < -0.4 is 0 Å². The maximum absolute atomic E-state index is 11.9.